The number of hydrogen-bond acceptors (Lipinski definition) is 3. The average molecular weight is 218 g/mol. The monoisotopic (exact) mass is 218 g/mol. The highest BCUT2D eigenvalue weighted by Gasteiger charge is 2.30. The Morgan fingerprint density at radius 3 is 3.00 bits per heavy atom. The predicted octanol–water partition coefficient (Wildman–Crippen LogP) is 1.29. The second-order valence-corrected chi connectivity index (χ2v) is 4.77. The van der Waals surface area contributed by atoms with Crippen LogP contribution < -0.4 is 5.73 Å². The molecule has 0 saturated carbocycles. The van der Waals surface area contributed by atoms with Gasteiger partial charge in [-0.25, -0.2) is 0 Å². The van der Waals surface area contributed by atoms with E-state index in [-0.39, 0.29) is 0 Å². The number of fused-ring (bicyclic) bond motifs is 1. The van der Waals surface area contributed by atoms with E-state index in [0.29, 0.717) is 12.1 Å². The van der Waals surface area contributed by atoms with Gasteiger partial charge in [0.2, 0.25) is 0 Å². The maximum atomic E-state index is 5.97. The average Bonchev–Trinajstić information content (AvgIpc) is 2.75. The zero-order chi connectivity index (χ0) is 11.0. The van der Waals surface area contributed by atoms with Crippen molar-refractivity contribution >= 4 is 0 Å². The van der Waals surface area contributed by atoms with Gasteiger partial charge in [-0.3, -0.25) is 4.90 Å². The molecule has 0 aromatic heterocycles. The Balaban J connectivity index is 1.87. The summed E-state index contributed by atoms with van der Waals surface area (Å²) < 4.78 is 5.67. The summed E-state index contributed by atoms with van der Waals surface area (Å²) in [7, 11) is 0. The molecule has 2 N–H and O–H groups in total. The van der Waals surface area contributed by atoms with Crippen LogP contribution in [0, 0.1) is 0 Å². The van der Waals surface area contributed by atoms with Crippen LogP contribution in [-0.2, 0) is 11.3 Å². The molecule has 3 rings (SSSR count). The molecular formula is C13H18N2O. The van der Waals surface area contributed by atoms with E-state index in [1.165, 1.54) is 11.1 Å². The Kier molecular flexibility index (Phi) is 2.67. The Morgan fingerprint density at radius 2 is 2.19 bits per heavy atom. The molecule has 2 aliphatic heterocycles. The SMILES string of the molecule is NC1CCN(C2COCc3ccccc32)C1. The first-order valence-corrected chi connectivity index (χ1v) is 6.00. The molecule has 0 spiro atoms. The summed E-state index contributed by atoms with van der Waals surface area (Å²) in [6, 6.07) is 9.35. The van der Waals surface area contributed by atoms with Crippen LogP contribution >= 0.6 is 0 Å². The van der Waals surface area contributed by atoms with E-state index >= 15 is 0 Å². The van der Waals surface area contributed by atoms with Crippen molar-refractivity contribution in [2.75, 3.05) is 19.7 Å². The van der Waals surface area contributed by atoms with E-state index in [9.17, 15) is 0 Å². The lowest BCUT2D eigenvalue weighted by molar-refractivity contribution is 0.0408. The van der Waals surface area contributed by atoms with Crippen molar-refractivity contribution in [1.82, 2.24) is 4.90 Å². The third kappa shape index (κ3) is 1.75. The Morgan fingerprint density at radius 1 is 1.31 bits per heavy atom. The molecule has 2 unspecified atom stereocenters. The molecule has 3 nitrogen and oxygen atoms in total. The smallest absolute Gasteiger partial charge is 0.0721 e. The fourth-order valence-corrected chi connectivity index (χ4v) is 2.76. The number of nitrogens with zero attached hydrogens (tertiary/aromatic N) is 1. The number of ether oxygens (including phenoxy) is 1. The van der Waals surface area contributed by atoms with Gasteiger partial charge in [0.1, 0.15) is 0 Å². The van der Waals surface area contributed by atoms with Gasteiger partial charge in [-0.05, 0) is 17.5 Å². The van der Waals surface area contributed by atoms with Gasteiger partial charge in [-0.15, -0.1) is 0 Å². The van der Waals surface area contributed by atoms with E-state index in [1.807, 2.05) is 0 Å². The molecule has 1 aromatic carbocycles. The van der Waals surface area contributed by atoms with Crippen molar-refractivity contribution in [2.45, 2.75) is 25.1 Å². The van der Waals surface area contributed by atoms with Crippen molar-refractivity contribution in [3.8, 4) is 0 Å². The molecule has 3 heteroatoms. The van der Waals surface area contributed by atoms with E-state index in [2.05, 4.69) is 29.2 Å². The van der Waals surface area contributed by atoms with Crippen LogP contribution in [0.2, 0.25) is 0 Å². The van der Waals surface area contributed by atoms with Crippen LogP contribution in [0.4, 0.5) is 0 Å². The highest BCUT2D eigenvalue weighted by Crippen LogP contribution is 2.31. The first kappa shape index (κ1) is 10.3. The van der Waals surface area contributed by atoms with E-state index in [0.717, 1.165) is 32.7 Å². The summed E-state index contributed by atoms with van der Waals surface area (Å²) in [5.74, 6) is 0. The molecule has 2 aliphatic rings. The Bertz CT molecular complexity index is 380. The van der Waals surface area contributed by atoms with Crippen LogP contribution in [0.5, 0.6) is 0 Å². The van der Waals surface area contributed by atoms with E-state index < -0.39 is 0 Å². The lowest BCUT2D eigenvalue weighted by atomic mass is 9.98. The quantitative estimate of drug-likeness (QED) is 0.772. The summed E-state index contributed by atoms with van der Waals surface area (Å²) in [5.41, 5.74) is 8.74. The van der Waals surface area contributed by atoms with E-state index in [4.69, 9.17) is 10.5 Å². The molecule has 0 amide bonds. The predicted molar refractivity (Wildman–Crippen MR) is 63.0 cm³/mol. The molecular weight excluding hydrogens is 200 g/mol. The summed E-state index contributed by atoms with van der Waals surface area (Å²) in [6.07, 6.45) is 1.11. The molecule has 0 radical (unpaired) electrons. The molecule has 2 atom stereocenters. The van der Waals surface area contributed by atoms with Crippen LogP contribution in [0.1, 0.15) is 23.6 Å². The maximum absolute atomic E-state index is 5.97. The van der Waals surface area contributed by atoms with Crippen LogP contribution in [0.25, 0.3) is 0 Å². The molecule has 1 aromatic rings. The third-order valence-corrected chi connectivity index (χ3v) is 3.64. The topological polar surface area (TPSA) is 38.5 Å². The molecule has 1 fully saturated rings. The normalized spacial score (nSPS) is 30.3. The second-order valence-electron chi connectivity index (χ2n) is 4.77. The molecule has 2 heterocycles. The number of rotatable bonds is 1. The van der Waals surface area contributed by atoms with Crippen LogP contribution in [0.15, 0.2) is 24.3 Å². The van der Waals surface area contributed by atoms with Crippen molar-refractivity contribution in [1.29, 1.82) is 0 Å². The summed E-state index contributed by atoms with van der Waals surface area (Å²) in [4.78, 5) is 2.46. The zero-order valence-electron chi connectivity index (χ0n) is 9.43. The van der Waals surface area contributed by atoms with Crippen molar-refractivity contribution < 1.29 is 4.74 Å². The molecule has 1 saturated heterocycles. The van der Waals surface area contributed by atoms with Crippen molar-refractivity contribution in [2.24, 2.45) is 5.73 Å². The minimum Gasteiger partial charge on any atom is -0.375 e. The van der Waals surface area contributed by atoms with Gasteiger partial charge < -0.3 is 10.5 Å². The van der Waals surface area contributed by atoms with Crippen LogP contribution in [0.3, 0.4) is 0 Å². The van der Waals surface area contributed by atoms with Gasteiger partial charge in [0.25, 0.3) is 0 Å². The second kappa shape index (κ2) is 4.17. The van der Waals surface area contributed by atoms with E-state index in [1.54, 1.807) is 0 Å². The third-order valence-electron chi connectivity index (χ3n) is 3.64. The highest BCUT2D eigenvalue weighted by molar-refractivity contribution is 5.31. The molecule has 86 valence electrons. The van der Waals surface area contributed by atoms with Gasteiger partial charge in [0, 0.05) is 19.1 Å². The fourth-order valence-electron chi connectivity index (χ4n) is 2.76. The largest absolute Gasteiger partial charge is 0.375 e. The standard InChI is InChI=1S/C13H18N2O/c14-11-5-6-15(7-11)13-9-16-8-10-3-1-2-4-12(10)13/h1-4,11,13H,5-9,14H2. The van der Waals surface area contributed by atoms with Gasteiger partial charge >= 0.3 is 0 Å². The first-order valence-electron chi connectivity index (χ1n) is 6.00. The Labute approximate surface area is 96.2 Å². The lowest BCUT2D eigenvalue weighted by Gasteiger charge is -2.32. The first-order chi connectivity index (χ1) is 7.84. The molecule has 0 bridgehead atoms. The van der Waals surface area contributed by atoms with Crippen molar-refractivity contribution in [3.05, 3.63) is 35.4 Å². The molecule has 16 heavy (non-hydrogen) atoms. The molecule has 0 aliphatic carbocycles. The van der Waals surface area contributed by atoms with Gasteiger partial charge in [-0.2, -0.15) is 0 Å². The number of likely N-dealkylation sites (tertiary alicyclic amines) is 1. The minimum absolute atomic E-state index is 0.342. The Hall–Kier alpha value is -0.900. The van der Waals surface area contributed by atoms with Crippen LogP contribution in [-0.4, -0.2) is 30.6 Å². The highest BCUT2D eigenvalue weighted by atomic mass is 16.5. The zero-order valence-corrected chi connectivity index (χ0v) is 9.43. The minimum atomic E-state index is 0.342. The summed E-state index contributed by atoms with van der Waals surface area (Å²) in [6.45, 7) is 3.67. The van der Waals surface area contributed by atoms with Crippen molar-refractivity contribution in [3.63, 3.8) is 0 Å². The van der Waals surface area contributed by atoms with Gasteiger partial charge in [-0.1, -0.05) is 24.3 Å². The summed E-state index contributed by atoms with van der Waals surface area (Å²) in [5, 5.41) is 0. The fraction of sp³-hybridized carbons (Fsp3) is 0.538. The summed E-state index contributed by atoms with van der Waals surface area (Å²) >= 11 is 0. The van der Waals surface area contributed by atoms with Gasteiger partial charge in [0.05, 0.1) is 19.3 Å². The lowest BCUT2D eigenvalue weighted by Crippen LogP contribution is -2.35. The number of hydrogen-bond donors (Lipinski definition) is 1. The number of benzene rings is 1. The maximum Gasteiger partial charge on any atom is 0.0721 e. The van der Waals surface area contributed by atoms with Gasteiger partial charge in [0.15, 0.2) is 0 Å². The number of nitrogens with two attached hydrogens (primary N) is 1.